The molecule has 8 heteroatoms. The number of benzene rings is 1. The van der Waals surface area contributed by atoms with Gasteiger partial charge in [0.1, 0.15) is 5.82 Å². The summed E-state index contributed by atoms with van der Waals surface area (Å²) < 4.78 is 51.7. The summed E-state index contributed by atoms with van der Waals surface area (Å²) in [5.41, 5.74) is -0.730. The van der Waals surface area contributed by atoms with Crippen molar-refractivity contribution in [2.45, 2.75) is 56.4 Å². The number of sulfonamides is 1. The summed E-state index contributed by atoms with van der Waals surface area (Å²) in [6.45, 7) is 3.15. The summed E-state index contributed by atoms with van der Waals surface area (Å²) in [5.74, 6) is -0.861. The molecule has 0 saturated carbocycles. The first-order chi connectivity index (χ1) is 13.4. The van der Waals surface area contributed by atoms with Gasteiger partial charge in [-0.15, -0.1) is 0 Å². The average molecular weight is 414 g/mol. The van der Waals surface area contributed by atoms with Gasteiger partial charge in [-0.1, -0.05) is 6.07 Å². The number of esters is 1. The Kier molecular flexibility index (Phi) is 6.73. The minimum Gasteiger partial charge on any atom is -0.466 e. The van der Waals surface area contributed by atoms with E-state index in [1.807, 2.05) is 0 Å². The zero-order valence-corrected chi connectivity index (χ0v) is 17.0. The van der Waals surface area contributed by atoms with Gasteiger partial charge in [-0.25, -0.2) is 12.8 Å². The first-order valence-corrected chi connectivity index (χ1v) is 11.4. The number of nitrogens with zero attached hydrogens (tertiary/aromatic N) is 1. The summed E-state index contributed by atoms with van der Waals surface area (Å²) in [4.78, 5) is 12.7. The highest BCUT2D eigenvalue weighted by atomic mass is 32.2. The fourth-order valence-electron chi connectivity index (χ4n) is 4.11. The molecule has 1 aromatic carbocycles. The van der Waals surface area contributed by atoms with Gasteiger partial charge in [-0.05, 0) is 63.6 Å². The van der Waals surface area contributed by atoms with Crippen LogP contribution >= 0.6 is 0 Å². The van der Waals surface area contributed by atoms with Gasteiger partial charge in [0.15, 0.2) is 0 Å². The van der Waals surface area contributed by atoms with Gasteiger partial charge in [0.05, 0.1) is 23.0 Å². The maximum atomic E-state index is 13.5. The van der Waals surface area contributed by atoms with Crippen molar-refractivity contribution in [2.24, 2.45) is 5.41 Å². The molecule has 2 heterocycles. The molecule has 1 aromatic rings. The number of carbonyl (C=O) groups excluding carboxylic acids is 1. The summed E-state index contributed by atoms with van der Waals surface area (Å²) in [7, 11) is -3.80. The SMILES string of the molecule is CCOC(=O)C1(C[C@@H]2CCCCO2)CCN(S(=O)(=O)c2cccc(F)c2)CC1. The smallest absolute Gasteiger partial charge is 0.312 e. The highest BCUT2D eigenvalue weighted by Crippen LogP contribution is 2.41. The quantitative estimate of drug-likeness (QED) is 0.670. The van der Waals surface area contributed by atoms with Crippen LogP contribution in [0.4, 0.5) is 4.39 Å². The van der Waals surface area contributed by atoms with Gasteiger partial charge in [-0.3, -0.25) is 4.79 Å². The molecular formula is C20H28FNO5S. The Bertz CT molecular complexity index is 784. The van der Waals surface area contributed by atoms with Crippen molar-refractivity contribution in [2.75, 3.05) is 26.3 Å². The van der Waals surface area contributed by atoms with Crippen LogP contribution in [0.15, 0.2) is 29.2 Å². The third-order valence-electron chi connectivity index (χ3n) is 5.71. The second kappa shape index (κ2) is 8.88. The van der Waals surface area contributed by atoms with E-state index < -0.39 is 21.3 Å². The minimum absolute atomic E-state index is 0.00420. The molecule has 1 atom stereocenters. The highest BCUT2D eigenvalue weighted by molar-refractivity contribution is 7.89. The molecule has 0 aromatic heterocycles. The molecule has 2 aliphatic rings. The first-order valence-electron chi connectivity index (χ1n) is 9.92. The topological polar surface area (TPSA) is 72.9 Å². The predicted octanol–water partition coefficient (Wildman–Crippen LogP) is 3.12. The standard InChI is InChI=1S/C20H28FNO5S/c1-2-26-19(23)20(15-17-7-3-4-13-27-17)9-11-22(12-10-20)28(24,25)18-8-5-6-16(21)14-18/h5-6,8,14,17H,2-4,7,9-13,15H2,1H3/t17-/m0/s1. The van der Waals surface area contributed by atoms with Crippen LogP contribution in [0.2, 0.25) is 0 Å². The Balaban J connectivity index is 1.75. The molecule has 2 aliphatic heterocycles. The lowest BCUT2D eigenvalue weighted by atomic mass is 9.73. The molecule has 0 radical (unpaired) electrons. The molecule has 3 rings (SSSR count). The summed E-state index contributed by atoms with van der Waals surface area (Å²) >= 11 is 0. The van der Waals surface area contributed by atoms with Crippen LogP contribution in [-0.4, -0.2) is 51.1 Å². The van der Waals surface area contributed by atoms with Crippen LogP contribution < -0.4 is 0 Å². The number of carbonyl (C=O) groups is 1. The third-order valence-corrected chi connectivity index (χ3v) is 7.61. The summed E-state index contributed by atoms with van der Waals surface area (Å²) in [6, 6.07) is 5.01. The Hall–Kier alpha value is -1.51. The second-order valence-electron chi connectivity index (χ2n) is 7.55. The zero-order valence-electron chi connectivity index (χ0n) is 16.2. The minimum atomic E-state index is -3.80. The molecule has 0 spiro atoms. The predicted molar refractivity (Wildman–Crippen MR) is 102 cm³/mol. The third kappa shape index (κ3) is 4.55. The van der Waals surface area contributed by atoms with Gasteiger partial charge >= 0.3 is 5.97 Å². The van der Waals surface area contributed by atoms with Gasteiger partial charge < -0.3 is 9.47 Å². The monoisotopic (exact) mass is 413 g/mol. The van der Waals surface area contributed by atoms with Gasteiger partial charge in [0.2, 0.25) is 10.0 Å². The van der Waals surface area contributed by atoms with Crippen LogP contribution in [0.1, 0.15) is 45.4 Å². The molecule has 0 N–H and O–H groups in total. The molecule has 0 amide bonds. The summed E-state index contributed by atoms with van der Waals surface area (Å²) in [5, 5.41) is 0. The van der Waals surface area contributed by atoms with E-state index in [4.69, 9.17) is 9.47 Å². The fourth-order valence-corrected chi connectivity index (χ4v) is 5.58. The van der Waals surface area contributed by atoms with Crippen molar-refractivity contribution >= 4 is 16.0 Å². The van der Waals surface area contributed by atoms with Crippen molar-refractivity contribution in [3.8, 4) is 0 Å². The lowest BCUT2D eigenvalue weighted by Gasteiger charge is -2.41. The Morgan fingerprint density at radius 2 is 2.07 bits per heavy atom. The molecule has 156 valence electrons. The second-order valence-corrected chi connectivity index (χ2v) is 9.49. The van der Waals surface area contributed by atoms with Crippen molar-refractivity contribution in [1.29, 1.82) is 0 Å². The van der Waals surface area contributed by atoms with Crippen molar-refractivity contribution in [1.82, 2.24) is 4.31 Å². The molecule has 0 aliphatic carbocycles. The zero-order chi connectivity index (χ0) is 20.2. The van der Waals surface area contributed by atoms with Crippen LogP contribution in [0, 0.1) is 11.2 Å². The highest BCUT2D eigenvalue weighted by Gasteiger charge is 2.46. The largest absolute Gasteiger partial charge is 0.466 e. The van der Waals surface area contributed by atoms with Crippen LogP contribution in [0.3, 0.4) is 0 Å². The molecular weight excluding hydrogens is 385 g/mol. The van der Waals surface area contributed by atoms with Crippen LogP contribution in [-0.2, 0) is 24.3 Å². The summed E-state index contributed by atoms with van der Waals surface area (Å²) in [6.07, 6.45) is 4.32. The number of hydrogen-bond acceptors (Lipinski definition) is 5. The number of hydrogen-bond donors (Lipinski definition) is 0. The fraction of sp³-hybridized carbons (Fsp3) is 0.650. The number of ether oxygens (including phenoxy) is 2. The van der Waals surface area contributed by atoms with E-state index >= 15 is 0 Å². The molecule has 2 fully saturated rings. The molecule has 6 nitrogen and oxygen atoms in total. The van der Waals surface area contributed by atoms with Crippen molar-refractivity contribution in [3.05, 3.63) is 30.1 Å². The van der Waals surface area contributed by atoms with Crippen molar-refractivity contribution in [3.63, 3.8) is 0 Å². The van der Waals surface area contributed by atoms with Crippen molar-refractivity contribution < 1.29 is 27.1 Å². The van der Waals surface area contributed by atoms with Gasteiger partial charge in [0.25, 0.3) is 0 Å². The van der Waals surface area contributed by atoms with E-state index in [0.717, 1.165) is 25.3 Å². The van der Waals surface area contributed by atoms with Gasteiger partial charge in [0, 0.05) is 19.7 Å². The number of rotatable bonds is 6. The Labute approximate surface area is 166 Å². The maximum Gasteiger partial charge on any atom is 0.312 e. The normalized spacial score (nSPS) is 23.3. The van der Waals surface area contributed by atoms with Crippen LogP contribution in [0.5, 0.6) is 0 Å². The first kappa shape index (κ1) is 21.2. The molecule has 0 bridgehead atoms. The lowest BCUT2D eigenvalue weighted by Crippen LogP contribution is -2.48. The Morgan fingerprint density at radius 1 is 1.32 bits per heavy atom. The van der Waals surface area contributed by atoms with E-state index in [1.54, 1.807) is 6.92 Å². The van der Waals surface area contributed by atoms with E-state index in [2.05, 4.69) is 0 Å². The van der Waals surface area contributed by atoms with E-state index in [1.165, 1.54) is 22.5 Å². The number of piperidine rings is 1. The Morgan fingerprint density at radius 3 is 2.68 bits per heavy atom. The lowest BCUT2D eigenvalue weighted by molar-refractivity contribution is -0.162. The molecule has 28 heavy (non-hydrogen) atoms. The van der Waals surface area contributed by atoms with E-state index in [9.17, 15) is 17.6 Å². The van der Waals surface area contributed by atoms with Crippen LogP contribution in [0.25, 0.3) is 0 Å². The van der Waals surface area contributed by atoms with E-state index in [-0.39, 0.29) is 36.7 Å². The number of halogens is 1. The van der Waals surface area contributed by atoms with Gasteiger partial charge in [-0.2, -0.15) is 4.31 Å². The molecule has 0 unspecified atom stereocenters. The van der Waals surface area contributed by atoms with E-state index in [0.29, 0.717) is 25.9 Å². The maximum absolute atomic E-state index is 13.5. The average Bonchev–Trinajstić information content (AvgIpc) is 2.69. The molecule has 2 saturated heterocycles.